The highest BCUT2D eigenvalue weighted by Gasteiger charge is 2.14. The fourth-order valence-corrected chi connectivity index (χ4v) is 1.92. The molecule has 1 saturated heterocycles. The molecular weight excluding hydrogens is 188 g/mol. The molecule has 0 bridgehead atoms. The molecule has 2 rings (SSSR count). The van der Waals surface area contributed by atoms with Crippen molar-refractivity contribution >= 4 is 0 Å². The average Bonchev–Trinajstić information content (AvgIpc) is 2.31. The Morgan fingerprint density at radius 3 is 2.53 bits per heavy atom. The van der Waals surface area contributed by atoms with Crippen LogP contribution in [0.1, 0.15) is 11.7 Å². The Bertz CT molecular complexity index is 283. The minimum Gasteiger partial charge on any atom is -0.387 e. The zero-order valence-electron chi connectivity index (χ0n) is 8.89. The molecule has 1 atom stereocenters. The number of nitrogens with zero attached hydrogens (tertiary/aromatic N) is 1. The van der Waals surface area contributed by atoms with Crippen molar-refractivity contribution in [3.05, 3.63) is 35.9 Å². The SMILES string of the molecule is OC(CN1CCNCC1)c1ccccc1. The normalized spacial score (nSPS) is 20.1. The number of piperazine rings is 1. The first kappa shape index (κ1) is 10.6. The lowest BCUT2D eigenvalue weighted by atomic mass is 10.1. The van der Waals surface area contributed by atoms with Gasteiger partial charge in [-0.05, 0) is 5.56 Å². The molecule has 2 N–H and O–H groups in total. The number of β-amino-alcohol motifs (C(OH)–C–C–N with tert-alkyl or cyclic N) is 1. The summed E-state index contributed by atoms with van der Waals surface area (Å²) in [5, 5.41) is 13.3. The maximum absolute atomic E-state index is 10.0. The highest BCUT2D eigenvalue weighted by atomic mass is 16.3. The zero-order chi connectivity index (χ0) is 10.5. The van der Waals surface area contributed by atoms with E-state index >= 15 is 0 Å². The monoisotopic (exact) mass is 206 g/mol. The number of aliphatic hydroxyl groups excluding tert-OH is 1. The van der Waals surface area contributed by atoms with Crippen LogP contribution < -0.4 is 5.32 Å². The fraction of sp³-hybridized carbons (Fsp3) is 0.500. The summed E-state index contributed by atoms with van der Waals surface area (Å²) in [7, 11) is 0. The van der Waals surface area contributed by atoms with E-state index in [0.29, 0.717) is 0 Å². The van der Waals surface area contributed by atoms with Crippen molar-refractivity contribution in [1.29, 1.82) is 0 Å². The van der Waals surface area contributed by atoms with Gasteiger partial charge in [-0.1, -0.05) is 30.3 Å². The first-order chi connectivity index (χ1) is 7.36. The third-order valence-corrected chi connectivity index (χ3v) is 2.83. The Balaban J connectivity index is 1.88. The third-order valence-electron chi connectivity index (χ3n) is 2.83. The number of nitrogens with one attached hydrogen (secondary N) is 1. The largest absolute Gasteiger partial charge is 0.387 e. The molecule has 1 unspecified atom stereocenters. The molecule has 0 spiro atoms. The van der Waals surface area contributed by atoms with Crippen molar-refractivity contribution in [3.63, 3.8) is 0 Å². The Labute approximate surface area is 90.7 Å². The molecule has 1 aliphatic rings. The van der Waals surface area contributed by atoms with Crippen LogP contribution in [-0.2, 0) is 0 Å². The third kappa shape index (κ3) is 3.02. The summed E-state index contributed by atoms with van der Waals surface area (Å²) in [4.78, 5) is 2.30. The van der Waals surface area contributed by atoms with Crippen molar-refractivity contribution in [2.45, 2.75) is 6.10 Å². The van der Waals surface area contributed by atoms with Crippen LogP contribution >= 0.6 is 0 Å². The van der Waals surface area contributed by atoms with E-state index in [9.17, 15) is 5.11 Å². The van der Waals surface area contributed by atoms with Crippen LogP contribution in [0.5, 0.6) is 0 Å². The standard InChI is InChI=1S/C12H18N2O/c15-12(11-4-2-1-3-5-11)10-14-8-6-13-7-9-14/h1-5,12-13,15H,6-10H2. The summed E-state index contributed by atoms with van der Waals surface area (Å²) in [6.45, 7) is 4.86. The lowest BCUT2D eigenvalue weighted by molar-refractivity contribution is 0.105. The van der Waals surface area contributed by atoms with Gasteiger partial charge in [-0.15, -0.1) is 0 Å². The molecule has 0 aliphatic carbocycles. The van der Waals surface area contributed by atoms with Crippen molar-refractivity contribution in [3.8, 4) is 0 Å². The second-order valence-electron chi connectivity index (χ2n) is 3.98. The second kappa shape index (κ2) is 5.26. The van der Waals surface area contributed by atoms with Crippen molar-refractivity contribution < 1.29 is 5.11 Å². The van der Waals surface area contributed by atoms with Gasteiger partial charge in [0.2, 0.25) is 0 Å². The van der Waals surface area contributed by atoms with E-state index in [0.717, 1.165) is 38.3 Å². The lowest BCUT2D eigenvalue weighted by Gasteiger charge is -2.29. The maximum atomic E-state index is 10.0. The van der Waals surface area contributed by atoms with Gasteiger partial charge in [0.15, 0.2) is 0 Å². The van der Waals surface area contributed by atoms with E-state index < -0.39 is 0 Å². The van der Waals surface area contributed by atoms with Crippen LogP contribution in [0, 0.1) is 0 Å². The van der Waals surface area contributed by atoms with Gasteiger partial charge in [0, 0.05) is 32.7 Å². The molecule has 3 nitrogen and oxygen atoms in total. The molecule has 82 valence electrons. The number of hydrogen-bond acceptors (Lipinski definition) is 3. The predicted octanol–water partition coefficient (Wildman–Crippen LogP) is 0.625. The summed E-state index contributed by atoms with van der Waals surface area (Å²) < 4.78 is 0. The van der Waals surface area contributed by atoms with Gasteiger partial charge in [-0.3, -0.25) is 4.90 Å². The fourth-order valence-electron chi connectivity index (χ4n) is 1.92. The molecule has 1 aromatic rings. The van der Waals surface area contributed by atoms with Crippen LogP contribution in [-0.4, -0.2) is 42.7 Å². The smallest absolute Gasteiger partial charge is 0.0916 e. The van der Waals surface area contributed by atoms with E-state index in [2.05, 4.69) is 10.2 Å². The second-order valence-corrected chi connectivity index (χ2v) is 3.98. The quantitative estimate of drug-likeness (QED) is 0.761. The Morgan fingerprint density at radius 1 is 1.20 bits per heavy atom. The van der Waals surface area contributed by atoms with Crippen molar-refractivity contribution in [2.75, 3.05) is 32.7 Å². The maximum Gasteiger partial charge on any atom is 0.0916 e. The van der Waals surface area contributed by atoms with Gasteiger partial charge >= 0.3 is 0 Å². The molecule has 3 heteroatoms. The van der Waals surface area contributed by atoms with Gasteiger partial charge < -0.3 is 10.4 Å². The summed E-state index contributed by atoms with van der Waals surface area (Å²) in [6.07, 6.45) is -0.357. The van der Waals surface area contributed by atoms with Crippen LogP contribution in [0.3, 0.4) is 0 Å². The first-order valence-corrected chi connectivity index (χ1v) is 5.52. The van der Waals surface area contributed by atoms with E-state index in [1.807, 2.05) is 30.3 Å². The number of hydrogen-bond donors (Lipinski definition) is 2. The predicted molar refractivity (Wildman–Crippen MR) is 60.7 cm³/mol. The van der Waals surface area contributed by atoms with E-state index in [1.54, 1.807) is 0 Å². The van der Waals surface area contributed by atoms with Crippen LogP contribution in [0.2, 0.25) is 0 Å². The lowest BCUT2D eigenvalue weighted by Crippen LogP contribution is -2.44. The molecule has 1 aliphatic heterocycles. The van der Waals surface area contributed by atoms with Gasteiger partial charge in [0.05, 0.1) is 6.10 Å². The number of rotatable bonds is 3. The first-order valence-electron chi connectivity index (χ1n) is 5.52. The highest BCUT2D eigenvalue weighted by Crippen LogP contribution is 2.13. The molecule has 0 saturated carbocycles. The van der Waals surface area contributed by atoms with Crippen LogP contribution in [0.25, 0.3) is 0 Å². The molecule has 1 aromatic carbocycles. The van der Waals surface area contributed by atoms with Gasteiger partial charge in [0.1, 0.15) is 0 Å². The minimum absolute atomic E-state index is 0.357. The van der Waals surface area contributed by atoms with Gasteiger partial charge in [-0.2, -0.15) is 0 Å². The average molecular weight is 206 g/mol. The molecule has 1 fully saturated rings. The van der Waals surface area contributed by atoms with Crippen LogP contribution in [0.4, 0.5) is 0 Å². The summed E-state index contributed by atoms with van der Waals surface area (Å²) >= 11 is 0. The zero-order valence-corrected chi connectivity index (χ0v) is 8.89. The number of benzene rings is 1. The molecule has 1 heterocycles. The van der Waals surface area contributed by atoms with Gasteiger partial charge in [0.25, 0.3) is 0 Å². The molecule has 15 heavy (non-hydrogen) atoms. The number of aliphatic hydroxyl groups is 1. The van der Waals surface area contributed by atoms with E-state index in [4.69, 9.17) is 0 Å². The van der Waals surface area contributed by atoms with Gasteiger partial charge in [-0.25, -0.2) is 0 Å². The molecule has 0 aromatic heterocycles. The minimum atomic E-state index is -0.357. The Morgan fingerprint density at radius 2 is 1.87 bits per heavy atom. The molecular formula is C12H18N2O. The Hall–Kier alpha value is -0.900. The summed E-state index contributed by atoms with van der Waals surface area (Å²) in [5.74, 6) is 0. The van der Waals surface area contributed by atoms with Crippen molar-refractivity contribution in [1.82, 2.24) is 10.2 Å². The molecule has 0 radical (unpaired) electrons. The Kier molecular flexibility index (Phi) is 3.72. The highest BCUT2D eigenvalue weighted by molar-refractivity contribution is 5.17. The molecule has 0 amide bonds. The topological polar surface area (TPSA) is 35.5 Å². The van der Waals surface area contributed by atoms with E-state index in [1.165, 1.54) is 0 Å². The summed E-state index contributed by atoms with van der Waals surface area (Å²) in [6, 6.07) is 9.87. The van der Waals surface area contributed by atoms with E-state index in [-0.39, 0.29) is 6.10 Å². The summed E-state index contributed by atoms with van der Waals surface area (Å²) in [5.41, 5.74) is 1.01. The van der Waals surface area contributed by atoms with Crippen LogP contribution in [0.15, 0.2) is 30.3 Å². The van der Waals surface area contributed by atoms with Crippen molar-refractivity contribution in [2.24, 2.45) is 0 Å².